The van der Waals surface area contributed by atoms with Crippen molar-refractivity contribution in [3.05, 3.63) is 57.9 Å². The van der Waals surface area contributed by atoms with Crippen LogP contribution in [0.25, 0.3) is 0 Å². The SMILES string of the molecule is CNC(=O)c1cn(C2CCCCC2)cc(C(=O)N[C@H](c2ccco2)C(F)(F)F)c1=O. The molecule has 1 fully saturated rings. The molecule has 2 N–H and O–H groups in total. The second-order valence-corrected chi connectivity index (χ2v) is 7.20. The molecule has 0 spiro atoms. The van der Waals surface area contributed by atoms with Crippen LogP contribution in [0.3, 0.4) is 0 Å². The van der Waals surface area contributed by atoms with Gasteiger partial charge in [-0.3, -0.25) is 14.4 Å². The number of nitrogens with one attached hydrogen (secondary N) is 2. The number of aromatic nitrogens is 1. The van der Waals surface area contributed by atoms with Gasteiger partial charge in [0.15, 0.2) is 6.04 Å². The van der Waals surface area contributed by atoms with E-state index in [9.17, 15) is 27.6 Å². The molecule has 10 heteroatoms. The van der Waals surface area contributed by atoms with E-state index in [0.29, 0.717) is 0 Å². The van der Waals surface area contributed by atoms with Gasteiger partial charge in [-0.25, -0.2) is 0 Å². The van der Waals surface area contributed by atoms with Gasteiger partial charge in [-0.1, -0.05) is 19.3 Å². The summed E-state index contributed by atoms with van der Waals surface area (Å²) >= 11 is 0. The molecular weight excluding hydrogens is 403 g/mol. The average molecular weight is 425 g/mol. The molecule has 30 heavy (non-hydrogen) atoms. The topological polar surface area (TPSA) is 93.3 Å². The van der Waals surface area contributed by atoms with Crippen LogP contribution < -0.4 is 16.1 Å². The minimum absolute atomic E-state index is 0.0437. The summed E-state index contributed by atoms with van der Waals surface area (Å²) in [5.41, 5.74) is -1.75. The lowest BCUT2D eigenvalue weighted by Gasteiger charge is -2.26. The highest BCUT2D eigenvalue weighted by Gasteiger charge is 2.44. The first-order chi connectivity index (χ1) is 14.2. The largest absolute Gasteiger partial charge is 0.467 e. The van der Waals surface area contributed by atoms with Crippen LogP contribution in [0.15, 0.2) is 40.0 Å². The molecule has 0 aliphatic heterocycles. The molecule has 0 unspecified atom stereocenters. The number of carbonyl (C=O) groups excluding carboxylic acids is 2. The Morgan fingerprint density at radius 3 is 2.30 bits per heavy atom. The van der Waals surface area contributed by atoms with Crippen molar-refractivity contribution in [2.45, 2.75) is 50.4 Å². The minimum atomic E-state index is -4.84. The molecule has 3 rings (SSSR count). The van der Waals surface area contributed by atoms with Crippen LogP contribution >= 0.6 is 0 Å². The number of pyridine rings is 1. The molecule has 0 radical (unpaired) electrons. The highest BCUT2D eigenvalue weighted by Crippen LogP contribution is 2.33. The van der Waals surface area contributed by atoms with Gasteiger partial charge in [0.2, 0.25) is 5.43 Å². The summed E-state index contributed by atoms with van der Waals surface area (Å²) in [5.74, 6) is -2.45. The number of hydrogen-bond donors (Lipinski definition) is 2. The smallest absolute Gasteiger partial charge is 0.415 e. The van der Waals surface area contributed by atoms with Crippen molar-refractivity contribution in [2.24, 2.45) is 0 Å². The number of rotatable bonds is 5. The van der Waals surface area contributed by atoms with Gasteiger partial charge in [0.05, 0.1) is 6.26 Å². The summed E-state index contributed by atoms with van der Waals surface area (Å²) in [6, 6.07) is -0.119. The number of halogens is 3. The first kappa shape index (κ1) is 21.7. The summed E-state index contributed by atoms with van der Waals surface area (Å²) in [6.07, 6.45) is 3.34. The fourth-order valence-electron chi connectivity index (χ4n) is 3.62. The van der Waals surface area contributed by atoms with Crippen LogP contribution in [-0.4, -0.2) is 29.6 Å². The Labute approximate surface area is 170 Å². The second-order valence-electron chi connectivity index (χ2n) is 7.20. The minimum Gasteiger partial charge on any atom is -0.467 e. The summed E-state index contributed by atoms with van der Waals surface area (Å²) in [5, 5.41) is 4.15. The predicted molar refractivity (Wildman–Crippen MR) is 101 cm³/mol. The van der Waals surface area contributed by atoms with Crippen molar-refractivity contribution >= 4 is 11.8 Å². The third-order valence-electron chi connectivity index (χ3n) is 5.19. The van der Waals surface area contributed by atoms with Crippen LogP contribution in [0, 0.1) is 0 Å². The molecular formula is C20H22F3N3O4. The Kier molecular flexibility index (Phi) is 6.33. The Balaban J connectivity index is 2.01. The van der Waals surface area contributed by atoms with Crippen LogP contribution in [0.5, 0.6) is 0 Å². The molecule has 0 bridgehead atoms. The lowest BCUT2D eigenvalue weighted by Crippen LogP contribution is -2.41. The van der Waals surface area contributed by atoms with E-state index < -0.39 is 40.8 Å². The van der Waals surface area contributed by atoms with Crippen LogP contribution in [0.2, 0.25) is 0 Å². The average Bonchev–Trinajstić information content (AvgIpc) is 3.25. The number of alkyl halides is 3. The molecule has 2 heterocycles. The lowest BCUT2D eigenvalue weighted by molar-refractivity contribution is -0.159. The second kappa shape index (κ2) is 8.76. The number of nitrogens with zero attached hydrogens (tertiary/aromatic N) is 1. The number of carbonyl (C=O) groups is 2. The molecule has 0 aromatic carbocycles. The van der Waals surface area contributed by atoms with Crippen LogP contribution in [0.1, 0.15) is 70.7 Å². The fourth-order valence-corrected chi connectivity index (χ4v) is 3.62. The molecule has 0 saturated heterocycles. The number of furan rings is 1. The van der Waals surface area contributed by atoms with Gasteiger partial charge in [-0.05, 0) is 25.0 Å². The zero-order valence-corrected chi connectivity index (χ0v) is 16.3. The van der Waals surface area contributed by atoms with Crippen molar-refractivity contribution in [1.29, 1.82) is 0 Å². The van der Waals surface area contributed by atoms with E-state index in [2.05, 4.69) is 5.32 Å². The third kappa shape index (κ3) is 4.58. The van der Waals surface area contributed by atoms with E-state index in [0.717, 1.165) is 44.4 Å². The summed E-state index contributed by atoms with van der Waals surface area (Å²) in [4.78, 5) is 37.6. The molecule has 2 aromatic rings. The van der Waals surface area contributed by atoms with Gasteiger partial charge in [-0.2, -0.15) is 13.2 Å². The summed E-state index contributed by atoms with van der Waals surface area (Å²) in [7, 11) is 1.33. The summed E-state index contributed by atoms with van der Waals surface area (Å²) < 4.78 is 46.8. The monoisotopic (exact) mass is 425 g/mol. The first-order valence-electron chi connectivity index (χ1n) is 9.61. The van der Waals surface area contributed by atoms with Crippen molar-refractivity contribution < 1.29 is 27.2 Å². The number of hydrogen-bond acceptors (Lipinski definition) is 4. The van der Waals surface area contributed by atoms with Gasteiger partial charge in [0, 0.05) is 25.5 Å². The highest BCUT2D eigenvalue weighted by molar-refractivity contribution is 5.99. The highest BCUT2D eigenvalue weighted by atomic mass is 19.4. The Hall–Kier alpha value is -3.04. The van der Waals surface area contributed by atoms with Crippen molar-refractivity contribution in [1.82, 2.24) is 15.2 Å². The van der Waals surface area contributed by atoms with Gasteiger partial charge in [0.1, 0.15) is 16.9 Å². The van der Waals surface area contributed by atoms with E-state index in [4.69, 9.17) is 4.42 Å². The summed E-state index contributed by atoms with van der Waals surface area (Å²) in [6.45, 7) is 0. The third-order valence-corrected chi connectivity index (χ3v) is 5.19. The Morgan fingerprint density at radius 1 is 1.13 bits per heavy atom. The van der Waals surface area contributed by atoms with Crippen molar-refractivity contribution in [3.63, 3.8) is 0 Å². The van der Waals surface area contributed by atoms with E-state index in [-0.39, 0.29) is 11.6 Å². The van der Waals surface area contributed by atoms with Crippen LogP contribution in [-0.2, 0) is 0 Å². The first-order valence-corrected chi connectivity index (χ1v) is 9.61. The fraction of sp³-hybridized carbons (Fsp3) is 0.450. The molecule has 1 aliphatic carbocycles. The molecule has 162 valence electrons. The maximum atomic E-state index is 13.5. The molecule has 1 aliphatic rings. The van der Waals surface area contributed by atoms with Crippen molar-refractivity contribution in [2.75, 3.05) is 7.05 Å². The maximum absolute atomic E-state index is 13.5. The Bertz CT molecular complexity index is 961. The van der Waals surface area contributed by atoms with Gasteiger partial charge in [-0.15, -0.1) is 0 Å². The predicted octanol–water partition coefficient (Wildman–Crippen LogP) is 3.34. The molecule has 7 nitrogen and oxygen atoms in total. The molecule has 2 aromatic heterocycles. The standard InChI is InChI=1S/C20H22F3N3O4/c1-24-18(28)13-10-26(12-6-3-2-4-7-12)11-14(16(13)27)19(29)25-17(20(21,22)23)15-8-5-9-30-15/h5,8-12,17H,2-4,6-7H2,1H3,(H,24,28)(H,25,29)/t17-/m1/s1. The molecule has 1 atom stereocenters. The molecule has 1 saturated carbocycles. The zero-order valence-electron chi connectivity index (χ0n) is 16.3. The quantitative estimate of drug-likeness (QED) is 0.769. The van der Waals surface area contributed by atoms with E-state index >= 15 is 0 Å². The van der Waals surface area contributed by atoms with Gasteiger partial charge in [0.25, 0.3) is 11.8 Å². The lowest BCUT2D eigenvalue weighted by atomic mass is 9.95. The number of amides is 2. The molecule has 2 amide bonds. The zero-order chi connectivity index (χ0) is 21.9. The van der Waals surface area contributed by atoms with Crippen molar-refractivity contribution in [3.8, 4) is 0 Å². The van der Waals surface area contributed by atoms with E-state index in [1.807, 2.05) is 5.32 Å². The van der Waals surface area contributed by atoms with Crippen LogP contribution in [0.4, 0.5) is 13.2 Å². The Morgan fingerprint density at radius 2 is 1.77 bits per heavy atom. The maximum Gasteiger partial charge on any atom is 0.415 e. The van der Waals surface area contributed by atoms with E-state index in [1.54, 1.807) is 4.57 Å². The van der Waals surface area contributed by atoms with Gasteiger partial charge < -0.3 is 19.6 Å². The normalized spacial score (nSPS) is 16.1. The van der Waals surface area contributed by atoms with Gasteiger partial charge >= 0.3 is 6.18 Å². The van der Waals surface area contributed by atoms with E-state index in [1.165, 1.54) is 25.5 Å².